The fraction of sp³-hybridized carbons (Fsp3) is 0.611. The molecule has 1 aliphatic rings. The van der Waals surface area contributed by atoms with Gasteiger partial charge in [-0.25, -0.2) is 4.98 Å². The molecule has 3 heterocycles. The highest BCUT2D eigenvalue weighted by atomic mass is 16.2. The number of aromatic nitrogens is 5. The quantitative estimate of drug-likeness (QED) is 0.872. The van der Waals surface area contributed by atoms with Crippen LogP contribution in [0.2, 0.25) is 0 Å². The van der Waals surface area contributed by atoms with E-state index in [4.69, 9.17) is 0 Å². The summed E-state index contributed by atoms with van der Waals surface area (Å²) in [7, 11) is 1.82. The lowest BCUT2D eigenvalue weighted by Crippen LogP contribution is -2.42. The number of amides is 2. The Morgan fingerprint density at radius 3 is 2.56 bits per heavy atom. The van der Waals surface area contributed by atoms with Gasteiger partial charge in [0.05, 0.1) is 0 Å². The average molecular weight is 373 g/mol. The highest BCUT2D eigenvalue weighted by Crippen LogP contribution is 2.25. The van der Waals surface area contributed by atoms with Gasteiger partial charge >= 0.3 is 0 Å². The van der Waals surface area contributed by atoms with E-state index in [1.165, 1.54) is 0 Å². The van der Waals surface area contributed by atoms with Crippen molar-refractivity contribution in [3.8, 4) is 0 Å². The average Bonchev–Trinajstić information content (AvgIpc) is 3.11. The minimum atomic E-state index is -0.374. The van der Waals surface area contributed by atoms with Crippen LogP contribution < -0.4 is 0 Å². The topological polar surface area (TPSA) is 100 Å². The Morgan fingerprint density at radius 2 is 2.00 bits per heavy atom. The van der Waals surface area contributed by atoms with E-state index < -0.39 is 0 Å². The van der Waals surface area contributed by atoms with Crippen LogP contribution in [0.25, 0.3) is 0 Å². The molecule has 2 amide bonds. The second kappa shape index (κ2) is 7.50. The standard InChI is InChI=1S/C18H27N7O2/c1-11(2)17(26)25-8-6-7-24(10-15(25)16-19-13(4)20-21-16)18(27)14-9-12(3)23(5)22-14/h9,11,15H,6-8,10H2,1-5H3,(H,19,20,21). The smallest absolute Gasteiger partial charge is 0.274 e. The summed E-state index contributed by atoms with van der Waals surface area (Å²) >= 11 is 0. The lowest BCUT2D eigenvalue weighted by molar-refractivity contribution is -0.137. The molecule has 2 aromatic heterocycles. The van der Waals surface area contributed by atoms with E-state index in [9.17, 15) is 9.59 Å². The Bertz CT molecular complexity index is 819. The minimum Gasteiger partial charge on any atom is -0.335 e. The number of nitrogens with one attached hydrogen (secondary N) is 1. The van der Waals surface area contributed by atoms with Crippen molar-refractivity contribution in [2.24, 2.45) is 13.0 Å². The van der Waals surface area contributed by atoms with Gasteiger partial charge in [0.2, 0.25) is 5.91 Å². The van der Waals surface area contributed by atoms with Crippen molar-refractivity contribution in [2.75, 3.05) is 19.6 Å². The number of rotatable bonds is 3. The van der Waals surface area contributed by atoms with Crippen molar-refractivity contribution in [1.82, 2.24) is 34.8 Å². The van der Waals surface area contributed by atoms with Crippen molar-refractivity contribution >= 4 is 11.8 Å². The number of aryl methyl sites for hydroxylation is 3. The van der Waals surface area contributed by atoms with Crippen LogP contribution in [0, 0.1) is 19.8 Å². The van der Waals surface area contributed by atoms with Crippen LogP contribution in [-0.4, -0.2) is 66.2 Å². The summed E-state index contributed by atoms with van der Waals surface area (Å²) in [6, 6.07) is 1.41. The first-order chi connectivity index (χ1) is 12.8. The number of hydrogen-bond donors (Lipinski definition) is 1. The van der Waals surface area contributed by atoms with Crippen LogP contribution in [0.4, 0.5) is 0 Å². The monoisotopic (exact) mass is 373 g/mol. The molecule has 0 spiro atoms. The molecule has 2 aromatic rings. The predicted octanol–water partition coefficient (Wildman–Crippen LogP) is 1.23. The lowest BCUT2D eigenvalue weighted by atomic mass is 10.1. The summed E-state index contributed by atoms with van der Waals surface area (Å²) in [6.07, 6.45) is 0.704. The van der Waals surface area contributed by atoms with Gasteiger partial charge in [0, 0.05) is 38.3 Å². The molecular formula is C18H27N7O2. The molecule has 0 radical (unpaired) electrons. The van der Waals surface area contributed by atoms with Gasteiger partial charge in [-0.2, -0.15) is 10.2 Å². The molecule has 0 aromatic carbocycles. The number of nitrogens with zero attached hydrogens (tertiary/aromatic N) is 6. The van der Waals surface area contributed by atoms with E-state index in [0.29, 0.717) is 43.4 Å². The number of aromatic amines is 1. The maximum atomic E-state index is 13.0. The fourth-order valence-electron chi connectivity index (χ4n) is 3.32. The van der Waals surface area contributed by atoms with E-state index in [1.807, 2.05) is 39.6 Å². The molecule has 1 aliphatic heterocycles. The second-order valence-corrected chi connectivity index (χ2v) is 7.38. The molecule has 1 unspecified atom stereocenters. The van der Waals surface area contributed by atoms with Gasteiger partial charge in [0.1, 0.15) is 11.9 Å². The third-order valence-electron chi connectivity index (χ3n) is 4.91. The number of carbonyl (C=O) groups excluding carboxylic acids is 2. The molecule has 9 heteroatoms. The SMILES string of the molecule is Cc1nc(C2CN(C(=O)c3cc(C)n(C)n3)CCCN2C(=O)C(C)C)n[nH]1. The molecule has 146 valence electrons. The first-order valence-electron chi connectivity index (χ1n) is 9.27. The first kappa shape index (κ1) is 19.1. The van der Waals surface area contributed by atoms with Gasteiger partial charge in [0.15, 0.2) is 11.5 Å². The normalized spacial score (nSPS) is 18.1. The second-order valence-electron chi connectivity index (χ2n) is 7.38. The Kier molecular flexibility index (Phi) is 5.29. The highest BCUT2D eigenvalue weighted by Gasteiger charge is 2.35. The first-order valence-corrected chi connectivity index (χ1v) is 9.27. The molecule has 1 fully saturated rings. The molecule has 3 rings (SSSR count). The molecule has 0 saturated carbocycles. The summed E-state index contributed by atoms with van der Waals surface area (Å²) in [5.41, 5.74) is 1.34. The molecule has 27 heavy (non-hydrogen) atoms. The summed E-state index contributed by atoms with van der Waals surface area (Å²) < 4.78 is 1.69. The summed E-state index contributed by atoms with van der Waals surface area (Å²) in [5.74, 6) is 1.01. The van der Waals surface area contributed by atoms with Gasteiger partial charge in [-0.3, -0.25) is 19.4 Å². The third kappa shape index (κ3) is 3.86. The number of carbonyl (C=O) groups is 2. The largest absolute Gasteiger partial charge is 0.335 e. The van der Waals surface area contributed by atoms with E-state index in [1.54, 1.807) is 15.6 Å². The Morgan fingerprint density at radius 1 is 1.26 bits per heavy atom. The van der Waals surface area contributed by atoms with Crippen LogP contribution in [-0.2, 0) is 11.8 Å². The number of H-pyrrole nitrogens is 1. The van der Waals surface area contributed by atoms with Gasteiger partial charge in [0.25, 0.3) is 5.91 Å². The molecule has 0 bridgehead atoms. The summed E-state index contributed by atoms with van der Waals surface area (Å²) in [4.78, 5) is 33.8. The van der Waals surface area contributed by atoms with Crippen molar-refractivity contribution in [3.63, 3.8) is 0 Å². The minimum absolute atomic E-state index is 0.0467. The summed E-state index contributed by atoms with van der Waals surface area (Å²) in [6.45, 7) is 8.98. The van der Waals surface area contributed by atoms with Crippen LogP contribution in [0.5, 0.6) is 0 Å². The molecule has 1 N–H and O–H groups in total. The predicted molar refractivity (Wildman–Crippen MR) is 98.9 cm³/mol. The highest BCUT2D eigenvalue weighted by molar-refractivity contribution is 5.92. The van der Waals surface area contributed by atoms with Crippen LogP contribution >= 0.6 is 0 Å². The Labute approximate surface area is 158 Å². The van der Waals surface area contributed by atoms with Gasteiger partial charge in [-0.1, -0.05) is 13.8 Å². The lowest BCUT2D eigenvalue weighted by Gasteiger charge is -2.31. The molecule has 1 atom stereocenters. The maximum absolute atomic E-state index is 13.0. The van der Waals surface area contributed by atoms with Crippen LogP contribution in [0.1, 0.15) is 54.1 Å². The van der Waals surface area contributed by atoms with Crippen molar-refractivity contribution in [3.05, 3.63) is 29.1 Å². The van der Waals surface area contributed by atoms with Gasteiger partial charge < -0.3 is 9.80 Å². The van der Waals surface area contributed by atoms with Crippen LogP contribution in [0.15, 0.2) is 6.07 Å². The van der Waals surface area contributed by atoms with Crippen molar-refractivity contribution in [1.29, 1.82) is 0 Å². The molecule has 0 aliphatic carbocycles. The zero-order valence-corrected chi connectivity index (χ0v) is 16.6. The van der Waals surface area contributed by atoms with Crippen LogP contribution in [0.3, 0.4) is 0 Å². The van der Waals surface area contributed by atoms with E-state index in [2.05, 4.69) is 20.3 Å². The number of hydrogen-bond acceptors (Lipinski definition) is 5. The van der Waals surface area contributed by atoms with E-state index >= 15 is 0 Å². The summed E-state index contributed by atoms with van der Waals surface area (Å²) in [5, 5.41) is 11.4. The van der Waals surface area contributed by atoms with Gasteiger partial charge in [-0.15, -0.1) is 0 Å². The maximum Gasteiger partial charge on any atom is 0.274 e. The van der Waals surface area contributed by atoms with Crippen molar-refractivity contribution < 1.29 is 9.59 Å². The molecular weight excluding hydrogens is 346 g/mol. The third-order valence-corrected chi connectivity index (χ3v) is 4.91. The Balaban J connectivity index is 1.91. The van der Waals surface area contributed by atoms with E-state index in [-0.39, 0.29) is 23.8 Å². The zero-order chi connectivity index (χ0) is 19.7. The van der Waals surface area contributed by atoms with E-state index in [0.717, 1.165) is 5.69 Å². The fourth-order valence-corrected chi connectivity index (χ4v) is 3.32. The molecule has 9 nitrogen and oxygen atoms in total. The molecule has 1 saturated heterocycles. The zero-order valence-electron chi connectivity index (χ0n) is 16.6. The Hall–Kier alpha value is -2.71. The van der Waals surface area contributed by atoms with Gasteiger partial charge in [-0.05, 0) is 26.3 Å². The van der Waals surface area contributed by atoms with Crippen molar-refractivity contribution in [2.45, 2.75) is 40.2 Å².